The number of fused-ring (bicyclic) bond motifs is 1. The van der Waals surface area contributed by atoms with Crippen molar-refractivity contribution in [3.8, 4) is 0 Å². The Balaban J connectivity index is 2.47. The maximum atomic E-state index is 11.5. The number of rotatable bonds is 2. The smallest absolute Gasteiger partial charge is 0.422 e. The second kappa shape index (κ2) is 3.75. The van der Waals surface area contributed by atoms with Crippen LogP contribution in [-0.4, -0.2) is 16.9 Å². The van der Waals surface area contributed by atoms with Crippen molar-refractivity contribution >= 4 is 26.0 Å². The second-order valence-corrected chi connectivity index (χ2v) is 4.43. The molecule has 4 heteroatoms. The number of carbonyl (C=O) groups is 1. The van der Waals surface area contributed by atoms with E-state index in [-0.39, 0.29) is 5.30 Å². The van der Waals surface area contributed by atoms with Crippen molar-refractivity contribution in [3.63, 3.8) is 0 Å². The first kappa shape index (κ1) is 9.15. The summed E-state index contributed by atoms with van der Waals surface area (Å²) in [6.45, 7) is 2.23. The number of aromatic nitrogens is 1. The standard InChI is InChI=1S/C10H10NO2S/c1-2-13-10(12)14-7-5-8-9(14)4-3-6-11-8/h3-7H,2H2,1H3/q+1. The van der Waals surface area contributed by atoms with Crippen molar-refractivity contribution in [1.82, 2.24) is 4.98 Å². The predicted molar refractivity (Wildman–Crippen MR) is 56.6 cm³/mol. The average Bonchev–Trinajstić information content (AvgIpc) is 2.61. The van der Waals surface area contributed by atoms with Crippen LogP contribution in [0.3, 0.4) is 0 Å². The van der Waals surface area contributed by atoms with Gasteiger partial charge in [-0.2, -0.15) is 4.79 Å². The Morgan fingerprint density at radius 3 is 3.21 bits per heavy atom. The Hall–Kier alpha value is -1.42. The highest BCUT2D eigenvalue weighted by Gasteiger charge is 2.23. The van der Waals surface area contributed by atoms with E-state index in [1.807, 2.05) is 30.5 Å². The van der Waals surface area contributed by atoms with Gasteiger partial charge in [-0.1, -0.05) is 0 Å². The minimum absolute atomic E-state index is 0.171. The molecule has 0 saturated heterocycles. The zero-order valence-corrected chi connectivity index (χ0v) is 8.58. The second-order valence-electron chi connectivity index (χ2n) is 2.71. The zero-order valence-electron chi connectivity index (χ0n) is 7.77. The molecule has 72 valence electrons. The van der Waals surface area contributed by atoms with Gasteiger partial charge in [0.15, 0.2) is 5.38 Å². The first-order valence-electron chi connectivity index (χ1n) is 4.36. The molecule has 0 aliphatic rings. The van der Waals surface area contributed by atoms with Gasteiger partial charge in [0.05, 0.1) is 6.61 Å². The molecule has 0 N–H and O–H groups in total. The lowest BCUT2D eigenvalue weighted by Crippen LogP contribution is -1.95. The molecule has 0 radical (unpaired) electrons. The number of nitrogens with zero attached hydrogens (tertiary/aromatic N) is 1. The fourth-order valence-corrected chi connectivity index (χ4v) is 2.76. The lowest BCUT2D eigenvalue weighted by Gasteiger charge is -1.90. The summed E-state index contributed by atoms with van der Waals surface area (Å²) in [5.74, 6) is 0. The van der Waals surface area contributed by atoms with E-state index in [1.165, 1.54) is 0 Å². The summed E-state index contributed by atoms with van der Waals surface area (Å²) in [5, 5.41) is 1.69. The fraction of sp³-hybridized carbons (Fsp3) is 0.200. The first-order valence-corrected chi connectivity index (χ1v) is 5.65. The lowest BCUT2D eigenvalue weighted by molar-refractivity contribution is 0.180. The van der Waals surface area contributed by atoms with Gasteiger partial charge in [-0.05, 0) is 13.0 Å². The molecule has 2 aromatic heterocycles. The molecule has 1 atom stereocenters. The largest absolute Gasteiger partial charge is 0.554 e. The van der Waals surface area contributed by atoms with Crippen LogP contribution in [0.2, 0.25) is 0 Å². The number of hydrogen-bond acceptors (Lipinski definition) is 3. The number of pyridine rings is 1. The highest BCUT2D eigenvalue weighted by molar-refractivity contribution is 7.54. The van der Waals surface area contributed by atoms with Gasteiger partial charge in [0.2, 0.25) is 4.70 Å². The summed E-state index contributed by atoms with van der Waals surface area (Å²) in [6.07, 6.45) is 1.72. The van der Waals surface area contributed by atoms with Crippen LogP contribution in [0.5, 0.6) is 0 Å². The van der Waals surface area contributed by atoms with Gasteiger partial charge < -0.3 is 4.74 Å². The normalized spacial score (nSPS) is 11.6. The minimum Gasteiger partial charge on any atom is -0.422 e. The molecule has 1 unspecified atom stereocenters. The lowest BCUT2D eigenvalue weighted by atomic mass is 10.4. The van der Waals surface area contributed by atoms with Crippen molar-refractivity contribution in [2.24, 2.45) is 0 Å². The number of thiophene rings is 1. The first-order chi connectivity index (χ1) is 6.83. The molecule has 2 aromatic rings. The van der Waals surface area contributed by atoms with E-state index in [4.69, 9.17) is 4.74 Å². The molecule has 0 fully saturated rings. The molecule has 0 saturated carbocycles. The van der Waals surface area contributed by atoms with E-state index in [1.54, 1.807) is 6.20 Å². The van der Waals surface area contributed by atoms with Crippen LogP contribution in [-0.2, 0) is 4.74 Å². The maximum Gasteiger partial charge on any atom is 0.554 e. The van der Waals surface area contributed by atoms with Crippen LogP contribution >= 0.6 is 10.5 Å². The molecule has 0 aromatic carbocycles. The molecular formula is C10H10NO2S+. The fourth-order valence-electron chi connectivity index (χ4n) is 1.25. The molecular weight excluding hydrogens is 198 g/mol. The van der Waals surface area contributed by atoms with Crippen molar-refractivity contribution < 1.29 is 9.53 Å². The highest BCUT2D eigenvalue weighted by Crippen LogP contribution is 2.31. The van der Waals surface area contributed by atoms with E-state index >= 15 is 0 Å². The maximum absolute atomic E-state index is 11.5. The number of carbonyl (C=O) groups excluding carboxylic acids is 1. The summed E-state index contributed by atoms with van der Waals surface area (Å²) in [4.78, 5) is 15.7. The predicted octanol–water partition coefficient (Wildman–Crippen LogP) is 2.99. The van der Waals surface area contributed by atoms with Crippen molar-refractivity contribution in [3.05, 3.63) is 29.8 Å². The SMILES string of the molecule is CCOC(=O)[s+]1ccc2ncccc21. The van der Waals surface area contributed by atoms with E-state index in [0.29, 0.717) is 6.61 Å². The van der Waals surface area contributed by atoms with Crippen LogP contribution < -0.4 is 0 Å². The Morgan fingerprint density at radius 1 is 1.57 bits per heavy atom. The molecule has 0 aliphatic heterocycles. The number of hydrogen-bond donors (Lipinski definition) is 0. The van der Waals surface area contributed by atoms with Gasteiger partial charge in [0, 0.05) is 18.3 Å². The molecule has 0 spiro atoms. The van der Waals surface area contributed by atoms with E-state index < -0.39 is 10.5 Å². The minimum atomic E-state index is -0.551. The van der Waals surface area contributed by atoms with Crippen LogP contribution in [0.15, 0.2) is 29.8 Å². The third-order valence-electron chi connectivity index (χ3n) is 1.84. The molecule has 0 bridgehead atoms. The van der Waals surface area contributed by atoms with Crippen LogP contribution in [0.25, 0.3) is 10.2 Å². The summed E-state index contributed by atoms with van der Waals surface area (Å²) >= 11 is 0. The van der Waals surface area contributed by atoms with Gasteiger partial charge in [0.25, 0.3) is 0 Å². The van der Waals surface area contributed by atoms with Crippen LogP contribution in [0, 0.1) is 0 Å². The zero-order chi connectivity index (χ0) is 9.97. The van der Waals surface area contributed by atoms with Crippen LogP contribution in [0.1, 0.15) is 6.92 Å². The van der Waals surface area contributed by atoms with Gasteiger partial charge in [-0.15, -0.1) is 0 Å². The summed E-state index contributed by atoms with van der Waals surface area (Å²) < 4.78 is 5.94. The Bertz CT molecular complexity index is 464. The Labute approximate surface area is 84.3 Å². The van der Waals surface area contributed by atoms with E-state index in [0.717, 1.165) is 10.2 Å². The molecule has 2 heterocycles. The Morgan fingerprint density at radius 2 is 2.43 bits per heavy atom. The van der Waals surface area contributed by atoms with Gasteiger partial charge in [0.1, 0.15) is 16.0 Å². The molecule has 14 heavy (non-hydrogen) atoms. The summed E-state index contributed by atoms with van der Waals surface area (Å²) in [5.41, 5.74) is 0.879. The van der Waals surface area contributed by atoms with Gasteiger partial charge >= 0.3 is 5.30 Å². The highest BCUT2D eigenvalue weighted by atomic mass is 32.2. The average molecular weight is 208 g/mol. The van der Waals surface area contributed by atoms with Crippen molar-refractivity contribution in [2.45, 2.75) is 6.92 Å². The number of ether oxygens (including phenoxy) is 1. The summed E-state index contributed by atoms with van der Waals surface area (Å²) in [6, 6.07) is 5.63. The van der Waals surface area contributed by atoms with E-state index in [2.05, 4.69) is 4.98 Å². The van der Waals surface area contributed by atoms with Gasteiger partial charge in [-0.3, -0.25) is 4.98 Å². The monoisotopic (exact) mass is 208 g/mol. The Kier molecular flexibility index (Phi) is 2.45. The third kappa shape index (κ3) is 1.48. The molecule has 3 nitrogen and oxygen atoms in total. The van der Waals surface area contributed by atoms with Crippen molar-refractivity contribution in [1.29, 1.82) is 0 Å². The van der Waals surface area contributed by atoms with E-state index in [9.17, 15) is 4.79 Å². The molecule has 0 aliphatic carbocycles. The van der Waals surface area contributed by atoms with Crippen molar-refractivity contribution in [2.75, 3.05) is 6.61 Å². The molecule has 2 rings (SSSR count). The summed E-state index contributed by atoms with van der Waals surface area (Å²) in [7, 11) is -0.551. The van der Waals surface area contributed by atoms with Crippen LogP contribution in [0.4, 0.5) is 4.79 Å². The third-order valence-corrected chi connectivity index (χ3v) is 3.54. The molecule has 0 amide bonds. The van der Waals surface area contributed by atoms with Gasteiger partial charge in [-0.25, -0.2) is 0 Å². The quantitative estimate of drug-likeness (QED) is 0.562. The topological polar surface area (TPSA) is 39.2 Å².